The minimum Gasteiger partial charge on any atom is -0.320 e. The van der Waals surface area contributed by atoms with E-state index in [0.29, 0.717) is 11.5 Å². The Kier molecular flexibility index (Phi) is 5.02. The highest BCUT2D eigenvalue weighted by atomic mass is 35.5. The number of nitro groups is 1. The maximum Gasteiger partial charge on any atom is 0.416 e. The summed E-state index contributed by atoms with van der Waals surface area (Å²) in [7, 11) is 0. The SMILES string of the molecule is O=C(Nc1cc(C(F)(F)F)ccc1Cl)c1sc2c([N+](=O)[O-])cccc2c1Cl. The van der Waals surface area contributed by atoms with Crippen LogP contribution in [0.1, 0.15) is 15.2 Å². The second-order valence-electron chi connectivity index (χ2n) is 5.30. The molecule has 3 aromatic rings. The number of fused-ring (bicyclic) bond motifs is 1. The van der Waals surface area contributed by atoms with Crippen LogP contribution in [-0.2, 0) is 6.18 Å². The molecule has 140 valence electrons. The summed E-state index contributed by atoms with van der Waals surface area (Å²) >= 11 is 12.8. The van der Waals surface area contributed by atoms with Gasteiger partial charge >= 0.3 is 6.18 Å². The summed E-state index contributed by atoms with van der Waals surface area (Å²) in [6.45, 7) is 0. The summed E-state index contributed by atoms with van der Waals surface area (Å²) in [4.78, 5) is 22.9. The Labute approximate surface area is 163 Å². The predicted octanol–water partition coefficient (Wildman–Crippen LogP) is 6.39. The fourth-order valence-corrected chi connectivity index (χ4v) is 3.99. The van der Waals surface area contributed by atoms with Gasteiger partial charge in [-0.2, -0.15) is 13.2 Å². The van der Waals surface area contributed by atoms with Gasteiger partial charge < -0.3 is 5.32 Å². The number of nitro benzene ring substituents is 1. The molecule has 0 radical (unpaired) electrons. The molecular formula is C16H7Cl2F3N2O3S. The summed E-state index contributed by atoms with van der Waals surface area (Å²) in [5.41, 5.74) is -1.46. The predicted molar refractivity (Wildman–Crippen MR) is 97.9 cm³/mol. The Morgan fingerprint density at radius 1 is 1.19 bits per heavy atom. The van der Waals surface area contributed by atoms with Crippen molar-refractivity contribution < 1.29 is 22.9 Å². The van der Waals surface area contributed by atoms with E-state index in [1.54, 1.807) is 0 Å². The summed E-state index contributed by atoms with van der Waals surface area (Å²) in [5.74, 6) is -0.822. The average molecular weight is 435 g/mol. The molecule has 1 amide bonds. The minimum atomic E-state index is -4.61. The number of amides is 1. The van der Waals surface area contributed by atoms with E-state index in [4.69, 9.17) is 23.2 Å². The first-order valence-corrected chi connectivity index (χ1v) is 8.70. The number of hydrogen-bond acceptors (Lipinski definition) is 4. The molecule has 5 nitrogen and oxygen atoms in total. The molecule has 27 heavy (non-hydrogen) atoms. The number of nitrogens with zero attached hydrogens (tertiary/aromatic N) is 1. The van der Waals surface area contributed by atoms with Crippen LogP contribution < -0.4 is 5.32 Å². The molecule has 1 N–H and O–H groups in total. The van der Waals surface area contributed by atoms with Gasteiger partial charge in [0.1, 0.15) is 9.58 Å². The Hall–Kier alpha value is -2.36. The van der Waals surface area contributed by atoms with Crippen molar-refractivity contribution in [3.63, 3.8) is 0 Å². The van der Waals surface area contributed by atoms with Crippen LogP contribution in [-0.4, -0.2) is 10.8 Å². The molecule has 0 bridgehead atoms. The Balaban J connectivity index is 2.02. The van der Waals surface area contributed by atoms with Crippen LogP contribution >= 0.6 is 34.5 Å². The quantitative estimate of drug-likeness (QED) is 0.383. The number of halogens is 5. The van der Waals surface area contributed by atoms with Crippen LogP contribution in [0, 0.1) is 10.1 Å². The first-order valence-electron chi connectivity index (χ1n) is 7.13. The van der Waals surface area contributed by atoms with E-state index < -0.39 is 22.6 Å². The van der Waals surface area contributed by atoms with Crippen molar-refractivity contribution in [2.75, 3.05) is 5.32 Å². The average Bonchev–Trinajstić information content (AvgIpc) is 2.93. The van der Waals surface area contributed by atoms with Gasteiger partial charge in [0.05, 0.1) is 26.2 Å². The number of non-ortho nitro benzene ring substituents is 1. The summed E-state index contributed by atoms with van der Waals surface area (Å²) < 4.78 is 38.7. The van der Waals surface area contributed by atoms with E-state index in [9.17, 15) is 28.1 Å². The molecule has 1 aromatic heterocycles. The lowest BCUT2D eigenvalue weighted by atomic mass is 10.2. The Morgan fingerprint density at radius 3 is 2.52 bits per heavy atom. The highest BCUT2D eigenvalue weighted by molar-refractivity contribution is 7.22. The number of carbonyl (C=O) groups excluding carboxylic acids is 1. The van der Waals surface area contributed by atoms with Gasteiger partial charge in [-0.1, -0.05) is 35.3 Å². The van der Waals surface area contributed by atoms with Crippen LogP contribution in [0.4, 0.5) is 24.5 Å². The van der Waals surface area contributed by atoms with E-state index in [0.717, 1.165) is 23.5 Å². The number of benzene rings is 2. The molecule has 0 aliphatic heterocycles. The smallest absolute Gasteiger partial charge is 0.320 e. The number of anilines is 1. The van der Waals surface area contributed by atoms with Gasteiger partial charge in [0.15, 0.2) is 0 Å². The number of thiophene rings is 1. The second-order valence-corrected chi connectivity index (χ2v) is 7.11. The maximum atomic E-state index is 12.8. The number of hydrogen-bond donors (Lipinski definition) is 1. The molecule has 2 aromatic carbocycles. The summed E-state index contributed by atoms with van der Waals surface area (Å²) in [6, 6.07) is 6.69. The normalized spacial score (nSPS) is 11.6. The van der Waals surface area contributed by atoms with Gasteiger partial charge in [-0.25, -0.2) is 0 Å². The van der Waals surface area contributed by atoms with Crippen molar-refractivity contribution >= 4 is 61.9 Å². The van der Waals surface area contributed by atoms with Gasteiger partial charge in [-0.15, -0.1) is 11.3 Å². The fourth-order valence-electron chi connectivity index (χ4n) is 2.34. The molecular weight excluding hydrogens is 428 g/mol. The third-order valence-electron chi connectivity index (χ3n) is 3.58. The Morgan fingerprint density at radius 2 is 1.89 bits per heavy atom. The van der Waals surface area contributed by atoms with E-state index in [1.165, 1.54) is 18.2 Å². The highest BCUT2D eigenvalue weighted by Crippen LogP contribution is 2.41. The van der Waals surface area contributed by atoms with Gasteiger partial charge in [-0.3, -0.25) is 14.9 Å². The summed E-state index contributed by atoms with van der Waals surface area (Å²) in [6.07, 6.45) is -4.61. The monoisotopic (exact) mass is 434 g/mol. The van der Waals surface area contributed by atoms with Crippen molar-refractivity contribution in [2.24, 2.45) is 0 Å². The van der Waals surface area contributed by atoms with E-state index in [2.05, 4.69) is 5.32 Å². The van der Waals surface area contributed by atoms with Gasteiger partial charge in [-0.05, 0) is 18.2 Å². The molecule has 0 saturated carbocycles. The molecule has 0 atom stereocenters. The second kappa shape index (κ2) is 6.99. The van der Waals surface area contributed by atoms with Crippen molar-refractivity contribution in [3.8, 4) is 0 Å². The molecule has 0 saturated heterocycles. The molecule has 0 aliphatic rings. The van der Waals surface area contributed by atoms with Crippen molar-refractivity contribution in [1.82, 2.24) is 0 Å². The third-order valence-corrected chi connectivity index (χ3v) is 5.64. The van der Waals surface area contributed by atoms with Crippen molar-refractivity contribution in [1.29, 1.82) is 0 Å². The summed E-state index contributed by atoms with van der Waals surface area (Å²) in [5, 5.41) is 13.6. The van der Waals surface area contributed by atoms with Crippen LogP contribution in [0.25, 0.3) is 10.1 Å². The van der Waals surface area contributed by atoms with Crippen molar-refractivity contribution in [2.45, 2.75) is 6.18 Å². The van der Waals surface area contributed by atoms with Crippen molar-refractivity contribution in [3.05, 3.63) is 67.0 Å². The zero-order valence-electron chi connectivity index (χ0n) is 12.9. The van der Waals surface area contributed by atoms with Crippen LogP contribution in [0.5, 0.6) is 0 Å². The zero-order valence-corrected chi connectivity index (χ0v) is 15.3. The van der Waals surface area contributed by atoms with Crippen LogP contribution in [0.15, 0.2) is 36.4 Å². The van der Waals surface area contributed by atoms with Crippen LogP contribution in [0.2, 0.25) is 10.0 Å². The number of carbonyl (C=O) groups is 1. The van der Waals surface area contributed by atoms with Gasteiger partial charge in [0.25, 0.3) is 11.6 Å². The highest BCUT2D eigenvalue weighted by Gasteiger charge is 2.31. The van der Waals surface area contributed by atoms with Crippen LogP contribution in [0.3, 0.4) is 0 Å². The van der Waals surface area contributed by atoms with Gasteiger partial charge in [0.2, 0.25) is 0 Å². The number of alkyl halides is 3. The fraction of sp³-hybridized carbons (Fsp3) is 0.0625. The number of nitrogens with one attached hydrogen (secondary N) is 1. The first kappa shape index (κ1) is 19.4. The first-order chi connectivity index (χ1) is 12.6. The lowest BCUT2D eigenvalue weighted by Gasteiger charge is -2.11. The lowest BCUT2D eigenvalue weighted by molar-refractivity contribution is -0.382. The topological polar surface area (TPSA) is 72.2 Å². The molecule has 0 fully saturated rings. The maximum absolute atomic E-state index is 12.8. The number of rotatable bonds is 3. The van der Waals surface area contributed by atoms with E-state index in [-0.39, 0.29) is 31.0 Å². The standard InChI is InChI=1S/C16H7Cl2F3N2O3S/c17-9-5-4-7(16(19,20)21)6-10(9)22-15(24)14-12(18)8-2-1-3-11(23(25)26)13(8)27-14/h1-6H,(H,22,24). The van der Waals surface area contributed by atoms with E-state index in [1.807, 2.05) is 0 Å². The zero-order chi connectivity index (χ0) is 19.9. The largest absolute Gasteiger partial charge is 0.416 e. The molecule has 1 heterocycles. The minimum absolute atomic E-state index is 0.0284. The molecule has 0 spiro atoms. The molecule has 11 heteroatoms. The van der Waals surface area contributed by atoms with E-state index >= 15 is 0 Å². The molecule has 3 rings (SSSR count). The van der Waals surface area contributed by atoms with Gasteiger partial charge in [0, 0.05) is 11.5 Å². The Bertz CT molecular complexity index is 1080. The molecule has 0 unspecified atom stereocenters. The molecule has 0 aliphatic carbocycles. The third kappa shape index (κ3) is 3.71. The lowest BCUT2D eigenvalue weighted by Crippen LogP contribution is -2.12.